The minimum atomic E-state index is 0.618. The highest BCUT2D eigenvalue weighted by atomic mass is 15.2. The quantitative estimate of drug-likeness (QED) is 0.756. The first-order chi connectivity index (χ1) is 9.10. The van der Waals surface area contributed by atoms with Crippen LogP contribution in [0.5, 0.6) is 0 Å². The predicted octanol–water partition coefficient (Wildman–Crippen LogP) is 3.67. The molecule has 0 aromatic rings. The fraction of sp³-hybridized carbons (Fsp3) is 1.00. The lowest BCUT2D eigenvalue weighted by Crippen LogP contribution is -2.43. The average molecular weight is 266 g/mol. The highest BCUT2D eigenvalue weighted by Gasteiger charge is 2.34. The van der Waals surface area contributed by atoms with Crippen LogP contribution in [0, 0.1) is 11.3 Å². The Morgan fingerprint density at radius 3 is 2.21 bits per heavy atom. The van der Waals surface area contributed by atoms with Crippen LogP contribution in [0.15, 0.2) is 0 Å². The number of nitrogens with zero attached hydrogens (tertiary/aromatic N) is 1. The Morgan fingerprint density at radius 1 is 1.00 bits per heavy atom. The molecule has 1 saturated heterocycles. The minimum Gasteiger partial charge on any atom is -0.312 e. The lowest BCUT2D eigenvalue weighted by atomic mass is 9.78. The SMILES string of the molecule is CC(C)CC1(CNC(C)CN2CCCC2)CCCC1. The maximum Gasteiger partial charge on any atom is 0.0166 e. The van der Waals surface area contributed by atoms with Crippen LogP contribution in [0.25, 0.3) is 0 Å². The van der Waals surface area contributed by atoms with E-state index >= 15 is 0 Å². The van der Waals surface area contributed by atoms with Crippen LogP contribution in [0.2, 0.25) is 0 Å². The van der Waals surface area contributed by atoms with Gasteiger partial charge in [0.05, 0.1) is 0 Å². The lowest BCUT2D eigenvalue weighted by molar-refractivity contribution is 0.205. The van der Waals surface area contributed by atoms with E-state index in [1.807, 2.05) is 0 Å². The van der Waals surface area contributed by atoms with E-state index in [9.17, 15) is 0 Å². The van der Waals surface area contributed by atoms with E-state index in [1.165, 1.54) is 71.1 Å². The van der Waals surface area contributed by atoms with Crippen molar-refractivity contribution in [1.29, 1.82) is 0 Å². The number of nitrogens with one attached hydrogen (secondary N) is 1. The summed E-state index contributed by atoms with van der Waals surface area (Å²) in [6.07, 6.45) is 10.0. The summed E-state index contributed by atoms with van der Waals surface area (Å²) in [6, 6.07) is 0.655. The van der Waals surface area contributed by atoms with Gasteiger partial charge >= 0.3 is 0 Å². The van der Waals surface area contributed by atoms with Crippen LogP contribution in [-0.4, -0.2) is 37.1 Å². The summed E-state index contributed by atoms with van der Waals surface area (Å²) in [6.45, 7) is 12.3. The molecule has 0 aromatic heterocycles. The zero-order valence-electron chi connectivity index (χ0n) is 13.4. The van der Waals surface area contributed by atoms with Crippen LogP contribution in [0.1, 0.15) is 65.7 Å². The first-order valence-electron chi connectivity index (χ1n) is 8.55. The molecule has 0 radical (unpaired) electrons. The van der Waals surface area contributed by atoms with E-state index in [2.05, 4.69) is 31.0 Å². The topological polar surface area (TPSA) is 15.3 Å². The van der Waals surface area contributed by atoms with Crippen LogP contribution in [-0.2, 0) is 0 Å². The van der Waals surface area contributed by atoms with Crippen molar-refractivity contribution in [3.05, 3.63) is 0 Å². The fourth-order valence-electron chi connectivity index (χ4n) is 4.25. The second-order valence-corrected chi connectivity index (χ2v) is 7.59. The van der Waals surface area contributed by atoms with E-state index in [0.717, 1.165) is 5.92 Å². The highest BCUT2D eigenvalue weighted by Crippen LogP contribution is 2.42. The Balaban J connectivity index is 1.74. The van der Waals surface area contributed by atoms with Gasteiger partial charge in [0.25, 0.3) is 0 Å². The van der Waals surface area contributed by atoms with E-state index in [4.69, 9.17) is 0 Å². The zero-order valence-corrected chi connectivity index (χ0v) is 13.4. The largest absolute Gasteiger partial charge is 0.312 e. The van der Waals surface area contributed by atoms with Gasteiger partial charge in [-0.15, -0.1) is 0 Å². The number of likely N-dealkylation sites (tertiary alicyclic amines) is 1. The number of hydrogen-bond acceptors (Lipinski definition) is 2. The Morgan fingerprint density at radius 2 is 1.63 bits per heavy atom. The Kier molecular flexibility index (Phi) is 5.70. The van der Waals surface area contributed by atoms with Crippen LogP contribution < -0.4 is 5.32 Å². The molecule has 1 heterocycles. The fourth-order valence-corrected chi connectivity index (χ4v) is 4.25. The van der Waals surface area contributed by atoms with Crippen LogP contribution in [0.3, 0.4) is 0 Å². The molecule has 112 valence electrons. The molecule has 0 spiro atoms. The number of rotatable bonds is 7. The first-order valence-corrected chi connectivity index (χ1v) is 8.55. The molecule has 0 amide bonds. The van der Waals surface area contributed by atoms with Gasteiger partial charge in [-0.25, -0.2) is 0 Å². The Hall–Kier alpha value is -0.0800. The standard InChI is InChI=1S/C17H34N2/c1-15(2)12-17(8-4-5-9-17)14-18-16(3)13-19-10-6-7-11-19/h15-16,18H,4-14H2,1-3H3. The van der Waals surface area contributed by atoms with Gasteiger partial charge in [-0.1, -0.05) is 26.7 Å². The van der Waals surface area contributed by atoms with Gasteiger partial charge in [-0.3, -0.25) is 0 Å². The molecule has 1 aliphatic heterocycles. The molecule has 1 atom stereocenters. The van der Waals surface area contributed by atoms with Crippen LogP contribution in [0.4, 0.5) is 0 Å². The van der Waals surface area contributed by atoms with Crippen molar-refractivity contribution in [1.82, 2.24) is 10.2 Å². The molecule has 2 fully saturated rings. The molecule has 2 heteroatoms. The van der Waals surface area contributed by atoms with Gasteiger partial charge in [-0.05, 0) is 63.5 Å². The maximum atomic E-state index is 3.86. The van der Waals surface area contributed by atoms with Crippen molar-refractivity contribution < 1.29 is 0 Å². The molecule has 2 rings (SSSR count). The molecule has 1 N–H and O–H groups in total. The van der Waals surface area contributed by atoms with Crippen molar-refractivity contribution in [3.63, 3.8) is 0 Å². The molecule has 1 saturated carbocycles. The van der Waals surface area contributed by atoms with Crippen molar-refractivity contribution in [2.45, 2.75) is 71.8 Å². The molecular formula is C17H34N2. The van der Waals surface area contributed by atoms with Gasteiger partial charge in [0.15, 0.2) is 0 Å². The van der Waals surface area contributed by atoms with E-state index in [1.54, 1.807) is 0 Å². The molecule has 1 aliphatic carbocycles. The molecule has 19 heavy (non-hydrogen) atoms. The summed E-state index contributed by atoms with van der Waals surface area (Å²) in [4.78, 5) is 2.63. The third-order valence-corrected chi connectivity index (χ3v) is 5.06. The number of hydrogen-bond donors (Lipinski definition) is 1. The molecule has 2 aliphatic rings. The Bertz CT molecular complexity index is 250. The smallest absolute Gasteiger partial charge is 0.0166 e. The molecule has 1 unspecified atom stereocenters. The van der Waals surface area contributed by atoms with E-state index in [-0.39, 0.29) is 0 Å². The van der Waals surface area contributed by atoms with Crippen molar-refractivity contribution >= 4 is 0 Å². The zero-order chi connectivity index (χ0) is 13.7. The summed E-state index contributed by atoms with van der Waals surface area (Å²) in [5, 5.41) is 3.86. The van der Waals surface area contributed by atoms with Gasteiger partial charge in [0.2, 0.25) is 0 Å². The van der Waals surface area contributed by atoms with Gasteiger partial charge in [-0.2, -0.15) is 0 Å². The second kappa shape index (κ2) is 7.08. The minimum absolute atomic E-state index is 0.618. The van der Waals surface area contributed by atoms with Gasteiger partial charge in [0, 0.05) is 19.1 Å². The van der Waals surface area contributed by atoms with E-state index in [0.29, 0.717) is 11.5 Å². The Labute approximate surface area is 120 Å². The van der Waals surface area contributed by atoms with Gasteiger partial charge in [0.1, 0.15) is 0 Å². The molecular weight excluding hydrogens is 232 g/mol. The van der Waals surface area contributed by atoms with Crippen molar-refractivity contribution in [2.75, 3.05) is 26.2 Å². The molecule has 0 aromatic carbocycles. The molecule has 0 bridgehead atoms. The summed E-state index contributed by atoms with van der Waals surface area (Å²) in [5.74, 6) is 0.841. The van der Waals surface area contributed by atoms with Crippen molar-refractivity contribution in [3.8, 4) is 0 Å². The highest BCUT2D eigenvalue weighted by molar-refractivity contribution is 4.88. The van der Waals surface area contributed by atoms with Crippen molar-refractivity contribution in [2.24, 2.45) is 11.3 Å². The summed E-state index contributed by atoms with van der Waals surface area (Å²) < 4.78 is 0. The third-order valence-electron chi connectivity index (χ3n) is 5.06. The second-order valence-electron chi connectivity index (χ2n) is 7.59. The predicted molar refractivity (Wildman–Crippen MR) is 83.5 cm³/mol. The third kappa shape index (κ3) is 4.75. The van der Waals surface area contributed by atoms with Gasteiger partial charge < -0.3 is 10.2 Å². The first kappa shape index (κ1) is 15.3. The monoisotopic (exact) mass is 266 g/mol. The average Bonchev–Trinajstić information content (AvgIpc) is 2.98. The van der Waals surface area contributed by atoms with Crippen LogP contribution >= 0.6 is 0 Å². The summed E-state index contributed by atoms with van der Waals surface area (Å²) in [7, 11) is 0. The maximum absolute atomic E-state index is 3.86. The normalized spacial score (nSPS) is 25.3. The van der Waals surface area contributed by atoms with E-state index < -0.39 is 0 Å². The lowest BCUT2D eigenvalue weighted by Gasteiger charge is -2.33. The molecule has 2 nitrogen and oxygen atoms in total. The summed E-state index contributed by atoms with van der Waals surface area (Å²) in [5.41, 5.74) is 0.618. The summed E-state index contributed by atoms with van der Waals surface area (Å²) >= 11 is 0.